The van der Waals surface area contributed by atoms with Crippen molar-refractivity contribution in [2.24, 2.45) is 5.92 Å². The standard InChI is InChI=1S/C13H19Cl2NO/c1-10(2)6-7-16-8-9-17-12-5-3-4-11(14)13(12)15/h3-5,10,16H,6-9H2,1-2H3. The molecule has 0 unspecified atom stereocenters. The van der Waals surface area contributed by atoms with Gasteiger partial charge in [0.2, 0.25) is 0 Å². The number of hydrogen-bond donors (Lipinski definition) is 1. The van der Waals surface area contributed by atoms with Gasteiger partial charge in [-0.1, -0.05) is 43.1 Å². The molecule has 0 aromatic heterocycles. The van der Waals surface area contributed by atoms with Gasteiger partial charge in [0.15, 0.2) is 0 Å². The summed E-state index contributed by atoms with van der Waals surface area (Å²) in [5, 5.41) is 4.33. The van der Waals surface area contributed by atoms with Gasteiger partial charge in [0.25, 0.3) is 0 Å². The zero-order chi connectivity index (χ0) is 12.7. The smallest absolute Gasteiger partial charge is 0.139 e. The summed E-state index contributed by atoms with van der Waals surface area (Å²) >= 11 is 11.9. The van der Waals surface area contributed by atoms with E-state index in [1.165, 1.54) is 6.42 Å². The molecule has 0 saturated carbocycles. The van der Waals surface area contributed by atoms with Gasteiger partial charge in [-0.05, 0) is 31.0 Å². The molecule has 1 aromatic carbocycles. The summed E-state index contributed by atoms with van der Waals surface area (Å²) in [5.41, 5.74) is 0. The van der Waals surface area contributed by atoms with Crippen molar-refractivity contribution in [3.05, 3.63) is 28.2 Å². The highest BCUT2D eigenvalue weighted by Crippen LogP contribution is 2.31. The van der Waals surface area contributed by atoms with Crippen LogP contribution in [0.2, 0.25) is 10.0 Å². The first kappa shape index (κ1) is 14.6. The Labute approximate surface area is 113 Å². The molecule has 96 valence electrons. The summed E-state index contributed by atoms with van der Waals surface area (Å²) in [6.45, 7) is 6.85. The lowest BCUT2D eigenvalue weighted by atomic mass is 10.1. The third kappa shape index (κ3) is 5.62. The van der Waals surface area contributed by atoms with Crippen LogP contribution in [0.3, 0.4) is 0 Å². The molecule has 0 aliphatic carbocycles. The maximum atomic E-state index is 6.00. The first-order valence-electron chi connectivity index (χ1n) is 5.88. The number of nitrogens with one attached hydrogen (secondary N) is 1. The zero-order valence-electron chi connectivity index (χ0n) is 10.3. The molecule has 1 N–H and O–H groups in total. The van der Waals surface area contributed by atoms with E-state index in [2.05, 4.69) is 19.2 Å². The quantitative estimate of drug-likeness (QED) is 0.760. The van der Waals surface area contributed by atoms with E-state index in [0.717, 1.165) is 19.0 Å². The minimum Gasteiger partial charge on any atom is -0.491 e. The minimum atomic E-state index is 0.483. The maximum absolute atomic E-state index is 6.00. The van der Waals surface area contributed by atoms with Crippen LogP contribution in [-0.2, 0) is 0 Å². The molecule has 0 aliphatic heterocycles. The molecular formula is C13H19Cl2NO. The first-order chi connectivity index (χ1) is 8.11. The van der Waals surface area contributed by atoms with E-state index in [0.29, 0.717) is 22.4 Å². The Hall–Kier alpha value is -0.440. The molecule has 0 heterocycles. The van der Waals surface area contributed by atoms with Crippen molar-refractivity contribution in [2.45, 2.75) is 20.3 Å². The highest BCUT2D eigenvalue weighted by Gasteiger charge is 2.04. The van der Waals surface area contributed by atoms with Gasteiger partial charge in [0.05, 0.1) is 5.02 Å². The molecule has 0 aliphatic rings. The lowest BCUT2D eigenvalue weighted by Crippen LogP contribution is -2.23. The highest BCUT2D eigenvalue weighted by molar-refractivity contribution is 6.42. The highest BCUT2D eigenvalue weighted by atomic mass is 35.5. The average Bonchev–Trinajstić information content (AvgIpc) is 2.28. The van der Waals surface area contributed by atoms with E-state index in [1.807, 2.05) is 12.1 Å². The number of ether oxygens (including phenoxy) is 1. The molecule has 0 spiro atoms. The van der Waals surface area contributed by atoms with Crippen LogP contribution >= 0.6 is 23.2 Å². The van der Waals surface area contributed by atoms with E-state index in [9.17, 15) is 0 Å². The fourth-order valence-electron chi connectivity index (χ4n) is 1.34. The fourth-order valence-corrected chi connectivity index (χ4v) is 1.69. The van der Waals surface area contributed by atoms with Crippen molar-refractivity contribution < 1.29 is 4.74 Å². The van der Waals surface area contributed by atoms with E-state index < -0.39 is 0 Å². The summed E-state index contributed by atoms with van der Waals surface area (Å²) in [4.78, 5) is 0. The maximum Gasteiger partial charge on any atom is 0.139 e. The molecule has 1 rings (SSSR count). The van der Waals surface area contributed by atoms with Crippen molar-refractivity contribution in [1.82, 2.24) is 5.32 Å². The lowest BCUT2D eigenvalue weighted by molar-refractivity contribution is 0.312. The molecule has 0 fully saturated rings. The first-order valence-corrected chi connectivity index (χ1v) is 6.64. The van der Waals surface area contributed by atoms with Gasteiger partial charge in [-0.2, -0.15) is 0 Å². The van der Waals surface area contributed by atoms with Crippen molar-refractivity contribution in [3.63, 3.8) is 0 Å². The molecule has 0 radical (unpaired) electrons. The van der Waals surface area contributed by atoms with Crippen LogP contribution in [0.15, 0.2) is 18.2 Å². The van der Waals surface area contributed by atoms with Crippen LogP contribution in [0.1, 0.15) is 20.3 Å². The second kappa shape index (κ2) is 7.80. The SMILES string of the molecule is CC(C)CCNCCOc1cccc(Cl)c1Cl. The van der Waals surface area contributed by atoms with Gasteiger partial charge in [-0.3, -0.25) is 0 Å². The predicted molar refractivity (Wildman–Crippen MR) is 74.3 cm³/mol. The predicted octanol–water partition coefficient (Wildman–Crippen LogP) is 4.01. The van der Waals surface area contributed by atoms with Crippen molar-refractivity contribution >= 4 is 23.2 Å². The summed E-state index contributed by atoms with van der Waals surface area (Å²) in [5.74, 6) is 1.37. The van der Waals surface area contributed by atoms with Gasteiger partial charge in [0.1, 0.15) is 17.4 Å². The molecule has 1 aromatic rings. The van der Waals surface area contributed by atoms with Crippen LogP contribution in [0.5, 0.6) is 5.75 Å². The molecule has 0 bridgehead atoms. The van der Waals surface area contributed by atoms with E-state index >= 15 is 0 Å². The summed E-state index contributed by atoms with van der Waals surface area (Å²) < 4.78 is 5.55. The van der Waals surface area contributed by atoms with Crippen molar-refractivity contribution in [2.75, 3.05) is 19.7 Å². The summed E-state index contributed by atoms with van der Waals surface area (Å²) in [6.07, 6.45) is 1.18. The Bertz CT molecular complexity index is 342. The minimum absolute atomic E-state index is 0.483. The summed E-state index contributed by atoms with van der Waals surface area (Å²) in [6, 6.07) is 5.40. The Kier molecular flexibility index (Phi) is 6.71. The third-order valence-electron chi connectivity index (χ3n) is 2.35. The molecule has 2 nitrogen and oxygen atoms in total. The molecule has 4 heteroatoms. The lowest BCUT2D eigenvalue weighted by Gasteiger charge is -2.10. The average molecular weight is 276 g/mol. The fraction of sp³-hybridized carbons (Fsp3) is 0.538. The number of halogens is 2. The third-order valence-corrected chi connectivity index (χ3v) is 3.15. The Balaban J connectivity index is 2.20. The molecule has 0 atom stereocenters. The largest absolute Gasteiger partial charge is 0.491 e. The topological polar surface area (TPSA) is 21.3 Å². The zero-order valence-corrected chi connectivity index (χ0v) is 11.8. The van der Waals surface area contributed by atoms with Crippen molar-refractivity contribution in [1.29, 1.82) is 0 Å². The monoisotopic (exact) mass is 275 g/mol. The van der Waals surface area contributed by atoms with Crippen LogP contribution in [0.25, 0.3) is 0 Å². The van der Waals surface area contributed by atoms with Gasteiger partial charge in [-0.15, -0.1) is 0 Å². The van der Waals surface area contributed by atoms with Crippen molar-refractivity contribution in [3.8, 4) is 5.75 Å². The Morgan fingerprint density at radius 1 is 1.24 bits per heavy atom. The van der Waals surface area contributed by atoms with Gasteiger partial charge in [-0.25, -0.2) is 0 Å². The van der Waals surface area contributed by atoms with E-state index in [1.54, 1.807) is 6.07 Å². The summed E-state index contributed by atoms with van der Waals surface area (Å²) in [7, 11) is 0. The van der Waals surface area contributed by atoms with Crippen LogP contribution in [0, 0.1) is 5.92 Å². The molecule has 0 amide bonds. The Morgan fingerprint density at radius 3 is 2.71 bits per heavy atom. The number of rotatable bonds is 7. The molecule has 0 saturated heterocycles. The van der Waals surface area contributed by atoms with Crippen LogP contribution in [-0.4, -0.2) is 19.7 Å². The molecule has 17 heavy (non-hydrogen) atoms. The van der Waals surface area contributed by atoms with Gasteiger partial charge in [0, 0.05) is 6.54 Å². The van der Waals surface area contributed by atoms with Gasteiger partial charge >= 0.3 is 0 Å². The normalized spacial score (nSPS) is 10.9. The van der Waals surface area contributed by atoms with E-state index in [4.69, 9.17) is 27.9 Å². The second-order valence-electron chi connectivity index (χ2n) is 4.33. The Morgan fingerprint density at radius 2 is 2.00 bits per heavy atom. The van der Waals surface area contributed by atoms with Crippen LogP contribution in [0.4, 0.5) is 0 Å². The van der Waals surface area contributed by atoms with E-state index in [-0.39, 0.29) is 0 Å². The second-order valence-corrected chi connectivity index (χ2v) is 5.12. The van der Waals surface area contributed by atoms with Gasteiger partial charge < -0.3 is 10.1 Å². The number of hydrogen-bond acceptors (Lipinski definition) is 2. The van der Waals surface area contributed by atoms with Crippen LogP contribution < -0.4 is 10.1 Å². The molecular weight excluding hydrogens is 257 g/mol. The number of benzene rings is 1.